The molecule has 2 nitrogen and oxygen atoms in total. The van der Waals surface area contributed by atoms with Gasteiger partial charge in [0.2, 0.25) is 0 Å². The number of benzene rings is 1. The Labute approximate surface area is 91.7 Å². The van der Waals surface area contributed by atoms with Crippen LogP contribution in [0.4, 0.5) is 0 Å². The van der Waals surface area contributed by atoms with E-state index < -0.39 is 0 Å². The predicted molar refractivity (Wildman–Crippen MR) is 64.0 cm³/mol. The van der Waals surface area contributed by atoms with E-state index in [0.717, 1.165) is 30.8 Å². The van der Waals surface area contributed by atoms with Gasteiger partial charge in [-0.3, -0.25) is 0 Å². The van der Waals surface area contributed by atoms with Gasteiger partial charge in [-0.25, -0.2) is 0 Å². The second-order valence-electron chi connectivity index (χ2n) is 3.55. The van der Waals surface area contributed by atoms with Gasteiger partial charge in [0.1, 0.15) is 5.75 Å². The van der Waals surface area contributed by atoms with Crippen LogP contribution >= 0.6 is 0 Å². The van der Waals surface area contributed by atoms with Crippen molar-refractivity contribution in [1.29, 1.82) is 0 Å². The average Bonchev–Trinajstić information content (AvgIpc) is 2.27. The lowest BCUT2D eigenvalue weighted by molar-refractivity contribution is 0.317. The van der Waals surface area contributed by atoms with E-state index in [1.54, 1.807) is 0 Å². The van der Waals surface area contributed by atoms with Crippen LogP contribution in [0.1, 0.15) is 31.4 Å². The number of hydrogen-bond acceptors (Lipinski definition) is 2. The Morgan fingerprint density at radius 1 is 1.40 bits per heavy atom. The first kappa shape index (κ1) is 11.8. The van der Waals surface area contributed by atoms with Gasteiger partial charge in [-0.2, -0.15) is 0 Å². The first-order valence-corrected chi connectivity index (χ1v) is 5.37. The lowest BCUT2D eigenvalue weighted by atomic mass is 10.0. The molecule has 0 aromatic heterocycles. The molecule has 0 aliphatic heterocycles. The van der Waals surface area contributed by atoms with Gasteiger partial charge < -0.3 is 10.5 Å². The zero-order valence-corrected chi connectivity index (χ0v) is 9.28. The van der Waals surface area contributed by atoms with Crippen LogP contribution in [0.15, 0.2) is 36.9 Å². The molecule has 0 radical (unpaired) electrons. The molecular formula is C13H19NO. The van der Waals surface area contributed by atoms with Crippen LogP contribution in [-0.2, 0) is 0 Å². The summed E-state index contributed by atoms with van der Waals surface area (Å²) < 4.78 is 5.49. The molecule has 1 unspecified atom stereocenters. The highest BCUT2D eigenvalue weighted by Crippen LogP contribution is 2.18. The normalized spacial score (nSPS) is 12.1. The summed E-state index contributed by atoms with van der Waals surface area (Å²) in [4.78, 5) is 0. The topological polar surface area (TPSA) is 35.2 Å². The molecule has 0 amide bonds. The second kappa shape index (κ2) is 6.25. The van der Waals surface area contributed by atoms with Crippen LogP contribution in [0.25, 0.3) is 0 Å². The van der Waals surface area contributed by atoms with Crippen molar-refractivity contribution in [2.24, 2.45) is 5.73 Å². The minimum absolute atomic E-state index is 0.0442. The van der Waals surface area contributed by atoms with Crippen molar-refractivity contribution in [3.05, 3.63) is 42.5 Å². The summed E-state index contributed by atoms with van der Waals surface area (Å²) in [6.45, 7) is 6.53. The second-order valence-corrected chi connectivity index (χ2v) is 3.55. The molecule has 0 heterocycles. The quantitative estimate of drug-likeness (QED) is 0.724. The van der Waals surface area contributed by atoms with Crippen molar-refractivity contribution in [3.8, 4) is 5.75 Å². The summed E-state index contributed by atoms with van der Waals surface area (Å²) in [5, 5.41) is 0. The maximum Gasteiger partial charge on any atom is 0.119 e. The molecule has 0 bridgehead atoms. The van der Waals surface area contributed by atoms with Crippen LogP contribution in [0.3, 0.4) is 0 Å². The van der Waals surface area contributed by atoms with Crippen molar-refractivity contribution < 1.29 is 4.74 Å². The van der Waals surface area contributed by atoms with Gasteiger partial charge in [-0.15, -0.1) is 6.58 Å². The first-order chi connectivity index (χ1) is 7.27. The van der Waals surface area contributed by atoms with E-state index in [1.807, 2.05) is 30.3 Å². The maximum atomic E-state index is 5.94. The van der Waals surface area contributed by atoms with Crippen LogP contribution in [0.5, 0.6) is 5.75 Å². The van der Waals surface area contributed by atoms with E-state index in [2.05, 4.69) is 13.5 Å². The predicted octanol–water partition coefficient (Wildman–Crippen LogP) is 3.05. The molecule has 15 heavy (non-hydrogen) atoms. The number of rotatable bonds is 6. The van der Waals surface area contributed by atoms with E-state index >= 15 is 0 Å². The monoisotopic (exact) mass is 205 g/mol. The van der Waals surface area contributed by atoms with Gasteiger partial charge in [0.15, 0.2) is 0 Å². The Hall–Kier alpha value is -1.28. The van der Waals surface area contributed by atoms with E-state index in [4.69, 9.17) is 10.5 Å². The number of nitrogens with two attached hydrogens (primary N) is 1. The maximum absolute atomic E-state index is 5.94. The fraction of sp³-hybridized carbons (Fsp3) is 0.385. The van der Waals surface area contributed by atoms with Crippen molar-refractivity contribution >= 4 is 0 Å². The fourth-order valence-corrected chi connectivity index (χ4v) is 1.35. The summed E-state index contributed by atoms with van der Waals surface area (Å²) in [6, 6.07) is 8.00. The largest absolute Gasteiger partial charge is 0.494 e. The highest BCUT2D eigenvalue weighted by atomic mass is 16.5. The van der Waals surface area contributed by atoms with Crippen molar-refractivity contribution in [3.63, 3.8) is 0 Å². The SMILES string of the molecule is C=CCC(N)c1ccc(OCCC)cc1. The van der Waals surface area contributed by atoms with Gasteiger partial charge in [-0.1, -0.05) is 25.1 Å². The van der Waals surface area contributed by atoms with Gasteiger partial charge in [-0.05, 0) is 30.5 Å². The highest BCUT2D eigenvalue weighted by molar-refractivity contribution is 5.29. The van der Waals surface area contributed by atoms with Gasteiger partial charge in [0.05, 0.1) is 6.61 Å². The molecule has 2 heteroatoms. The summed E-state index contributed by atoms with van der Waals surface area (Å²) in [7, 11) is 0. The van der Waals surface area contributed by atoms with E-state index in [1.165, 1.54) is 0 Å². The minimum Gasteiger partial charge on any atom is -0.494 e. The highest BCUT2D eigenvalue weighted by Gasteiger charge is 2.03. The Morgan fingerprint density at radius 3 is 2.60 bits per heavy atom. The van der Waals surface area contributed by atoms with Crippen molar-refractivity contribution in [2.45, 2.75) is 25.8 Å². The van der Waals surface area contributed by atoms with E-state index in [9.17, 15) is 0 Å². The minimum atomic E-state index is 0.0442. The summed E-state index contributed by atoms with van der Waals surface area (Å²) >= 11 is 0. The molecule has 0 spiro atoms. The van der Waals surface area contributed by atoms with Crippen LogP contribution in [0, 0.1) is 0 Å². The molecule has 0 aliphatic carbocycles. The van der Waals surface area contributed by atoms with Gasteiger partial charge >= 0.3 is 0 Å². The van der Waals surface area contributed by atoms with Crippen molar-refractivity contribution in [1.82, 2.24) is 0 Å². The average molecular weight is 205 g/mol. The molecule has 1 aromatic rings. The Bertz CT molecular complexity index is 292. The Balaban J connectivity index is 2.59. The number of hydrogen-bond donors (Lipinski definition) is 1. The first-order valence-electron chi connectivity index (χ1n) is 5.37. The molecule has 82 valence electrons. The van der Waals surface area contributed by atoms with Crippen LogP contribution < -0.4 is 10.5 Å². The Morgan fingerprint density at radius 2 is 2.07 bits per heavy atom. The van der Waals surface area contributed by atoms with E-state index in [-0.39, 0.29) is 6.04 Å². The standard InChI is InChI=1S/C13H19NO/c1-3-5-13(14)11-6-8-12(9-7-11)15-10-4-2/h3,6-9,13H,1,4-5,10,14H2,2H3. The third-order valence-corrected chi connectivity index (χ3v) is 2.20. The summed E-state index contributed by atoms with van der Waals surface area (Å²) in [5.74, 6) is 0.909. The van der Waals surface area contributed by atoms with Crippen LogP contribution in [-0.4, -0.2) is 6.61 Å². The molecule has 0 saturated carbocycles. The molecule has 0 fully saturated rings. The Kier molecular flexibility index (Phi) is 4.91. The summed E-state index contributed by atoms with van der Waals surface area (Å²) in [5.41, 5.74) is 7.07. The van der Waals surface area contributed by atoms with Gasteiger partial charge in [0.25, 0.3) is 0 Å². The number of ether oxygens (including phenoxy) is 1. The molecule has 1 aromatic carbocycles. The van der Waals surface area contributed by atoms with Crippen molar-refractivity contribution in [2.75, 3.05) is 6.61 Å². The molecule has 2 N–H and O–H groups in total. The smallest absolute Gasteiger partial charge is 0.119 e. The third kappa shape index (κ3) is 3.76. The fourth-order valence-electron chi connectivity index (χ4n) is 1.35. The van der Waals surface area contributed by atoms with Gasteiger partial charge in [0, 0.05) is 6.04 Å². The third-order valence-electron chi connectivity index (χ3n) is 2.20. The zero-order valence-electron chi connectivity index (χ0n) is 9.28. The molecule has 1 rings (SSSR count). The molecule has 1 atom stereocenters. The molecule has 0 aliphatic rings. The molecular weight excluding hydrogens is 186 g/mol. The van der Waals surface area contributed by atoms with Crippen LogP contribution in [0.2, 0.25) is 0 Å². The summed E-state index contributed by atoms with van der Waals surface area (Å²) in [6.07, 6.45) is 3.67. The van der Waals surface area contributed by atoms with E-state index in [0.29, 0.717) is 0 Å². The zero-order chi connectivity index (χ0) is 11.1. The lowest BCUT2D eigenvalue weighted by Gasteiger charge is -2.10. The molecule has 0 saturated heterocycles. The lowest BCUT2D eigenvalue weighted by Crippen LogP contribution is -2.08.